The highest BCUT2D eigenvalue weighted by molar-refractivity contribution is 5.80. The van der Waals surface area contributed by atoms with E-state index < -0.39 is 0 Å². The third kappa shape index (κ3) is 4.51. The fourth-order valence-electron chi connectivity index (χ4n) is 3.12. The summed E-state index contributed by atoms with van der Waals surface area (Å²) in [4.78, 5) is 8.56. The first-order chi connectivity index (χ1) is 14.2. The SMILES string of the molecule is CCCCc1ccc(Nc2ncnc(Nc3ccc4c(c3)OCCO4)c2N)cc1. The highest BCUT2D eigenvalue weighted by Gasteiger charge is 2.14. The van der Waals surface area contributed by atoms with Crippen molar-refractivity contribution in [2.45, 2.75) is 26.2 Å². The largest absolute Gasteiger partial charge is 0.486 e. The van der Waals surface area contributed by atoms with Gasteiger partial charge in [-0.1, -0.05) is 25.5 Å². The molecule has 0 spiro atoms. The van der Waals surface area contributed by atoms with Crippen LogP contribution in [0.5, 0.6) is 11.5 Å². The minimum absolute atomic E-state index is 0.442. The topological polar surface area (TPSA) is 94.3 Å². The van der Waals surface area contributed by atoms with Gasteiger partial charge in [0.2, 0.25) is 0 Å². The molecule has 0 saturated carbocycles. The Hall–Kier alpha value is -3.48. The van der Waals surface area contributed by atoms with Crippen LogP contribution in [0.2, 0.25) is 0 Å². The molecule has 3 aromatic rings. The molecule has 0 saturated heterocycles. The number of unbranched alkanes of at least 4 members (excludes halogenated alkanes) is 1. The molecular weight excluding hydrogens is 366 g/mol. The van der Waals surface area contributed by atoms with Crippen LogP contribution in [0.25, 0.3) is 0 Å². The Balaban J connectivity index is 1.48. The molecule has 4 rings (SSSR count). The first kappa shape index (κ1) is 18.9. The van der Waals surface area contributed by atoms with Crippen molar-refractivity contribution >= 4 is 28.7 Å². The van der Waals surface area contributed by atoms with Gasteiger partial charge in [0.25, 0.3) is 0 Å². The second-order valence-electron chi connectivity index (χ2n) is 6.89. The normalized spacial score (nSPS) is 12.4. The second kappa shape index (κ2) is 8.68. The quantitative estimate of drug-likeness (QED) is 0.539. The smallest absolute Gasteiger partial charge is 0.163 e. The number of ether oxygens (including phenoxy) is 2. The van der Waals surface area contributed by atoms with Gasteiger partial charge in [-0.15, -0.1) is 0 Å². The van der Waals surface area contributed by atoms with Gasteiger partial charge in [0.05, 0.1) is 0 Å². The first-order valence-corrected chi connectivity index (χ1v) is 9.86. The van der Waals surface area contributed by atoms with Crippen molar-refractivity contribution in [3.05, 3.63) is 54.4 Å². The number of anilines is 5. The average Bonchev–Trinajstić information content (AvgIpc) is 2.76. The van der Waals surface area contributed by atoms with Gasteiger partial charge in [0.1, 0.15) is 25.2 Å². The summed E-state index contributed by atoms with van der Waals surface area (Å²) in [6.45, 7) is 3.30. The summed E-state index contributed by atoms with van der Waals surface area (Å²) >= 11 is 0. The lowest BCUT2D eigenvalue weighted by molar-refractivity contribution is 0.171. The van der Waals surface area contributed by atoms with Crippen LogP contribution < -0.4 is 25.8 Å². The van der Waals surface area contributed by atoms with Crippen LogP contribution in [0.3, 0.4) is 0 Å². The molecule has 1 aliphatic rings. The maximum atomic E-state index is 6.31. The van der Waals surface area contributed by atoms with Crippen LogP contribution in [-0.4, -0.2) is 23.2 Å². The maximum Gasteiger partial charge on any atom is 0.163 e. The van der Waals surface area contributed by atoms with Crippen molar-refractivity contribution in [1.82, 2.24) is 9.97 Å². The van der Waals surface area contributed by atoms with Crippen molar-refractivity contribution in [1.29, 1.82) is 0 Å². The van der Waals surface area contributed by atoms with Gasteiger partial charge in [-0.05, 0) is 42.7 Å². The van der Waals surface area contributed by atoms with Crippen molar-refractivity contribution in [3.8, 4) is 11.5 Å². The molecule has 4 N–H and O–H groups in total. The molecule has 0 atom stereocenters. The highest BCUT2D eigenvalue weighted by atomic mass is 16.6. The molecule has 29 heavy (non-hydrogen) atoms. The maximum absolute atomic E-state index is 6.31. The summed E-state index contributed by atoms with van der Waals surface area (Å²) in [6, 6.07) is 14.0. The van der Waals surface area contributed by atoms with Crippen LogP contribution in [0.1, 0.15) is 25.3 Å². The number of benzene rings is 2. The minimum atomic E-state index is 0.442. The Morgan fingerprint density at radius 3 is 2.28 bits per heavy atom. The van der Waals surface area contributed by atoms with Crippen LogP contribution in [0.4, 0.5) is 28.7 Å². The third-order valence-corrected chi connectivity index (χ3v) is 4.72. The molecule has 0 fully saturated rings. The van der Waals surface area contributed by atoms with E-state index in [0.717, 1.165) is 23.5 Å². The molecule has 1 aromatic heterocycles. The number of hydrogen-bond acceptors (Lipinski definition) is 7. The molecular formula is C22H25N5O2. The molecule has 7 heteroatoms. The lowest BCUT2D eigenvalue weighted by Gasteiger charge is -2.19. The van der Waals surface area contributed by atoms with Crippen LogP contribution >= 0.6 is 0 Å². The first-order valence-electron chi connectivity index (χ1n) is 9.86. The van der Waals surface area contributed by atoms with E-state index in [1.165, 1.54) is 24.7 Å². The van der Waals surface area contributed by atoms with E-state index in [1.807, 2.05) is 30.3 Å². The number of aryl methyl sites for hydroxylation is 1. The fourth-order valence-corrected chi connectivity index (χ4v) is 3.12. The molecule has 1 aliphatic heterocycles. The lowest BCUT2D eigenvalue weighted by atomic mass is 10.1. The average molecular weight is 391 g/mol. The number of hydrogen-bond donors (Lipinski definition) is 3. The van der Waals surface area contributed by atoms with Gasteiger partial charge in [-0.25, -0.2) is 9.97 Å². The molecule has 0 bridgehead atoms. The zero-order valence-electron chi connectivity index (χ0n) is 16.4. The van der Waals surface area contributed by atoms with Crippen LogP contribution in [0.15, 0.2) is 48.8 Å². The number of aromatic nitrogens is 2. The van der Waals surface area contributed by atoms with Crippen LogP contribution in [-0.2, 0) is 6.42 Å². The van der Waals surface area contributed by atoms with Crippen molar-refractivity contribution in [3.63, 3.8) is 0 Å². The molecule has 150 valence electrons. The zero-order valence-corrected chi connectivity index (χ0v) is 16.4. The van der Waals surface area contributed by atoms with Crippen LogP contribution in [0, 0.1) is 0 Å². The predicted molar refractivity (Wildman–Crippen MR) is 115 cm³/mol. The summed E-state index contributed by atoms with van der Waals surface area (Å²) in [6.07, 6.45) is 4.96. The Kier molecular flexibility index (Phi) is 5.65. The van der Waals surface area contributed by atoms with Gasteiger partial charge in [-0.2, -0.15) is 0 Å². The standard InChI is InChI=1S/C22H25N5O2/c1-2-3-4-15-5-7-16(8-6-15)26-21-20(23)22(25-14-24-21)27-17-9-10-18-19(13-17)29-12-11-28-18/h5-10,13-14H,2-4,11-12,23H2,1H3,(H2,24,25,26,27). The van der Waals surface area contributed by atoms with E-state index in [2.05, 4.69) is 39.7 Å². The van der Waals surface area contributed by atoms with E-state index in [4.69, 9.17) is 15.2 Å². The van der Waals surface area contributed by atoms with Gasteiger partial charge in [-0.3, -0.25) is 0 Å². The number of nitrogen functional groups attached to an aromatic ring is 1. The molecule has 2 heterocycles. The van der Waals surface area contributed by atoms with Crippen molar-refractivity contribution in [2.24, 2.45) is 0 Å². The van der Waals surface area contributed by atoms with E-state index in [0.29, 0.717) is 36.3 Å². The molecule has 0 unspecified atom stereocenters. The molecule has 2 aromatic carbocycles. The number of nitrogens with one attached hydrogen (secondary N) is 2. The van der Waals surface area contributed by atoms with E-state index in [9.17, 15) is 0 Å². The molecule has 0 radical (unpaired) electrons. The van der Waals surface area contributed by atoms with Gasteiger partial charge < -0.3 is 25.8 Å². The van der Waals surface area contributed by atoms with Crippen molar-refractivity contribution < 1.29 is 9.47 Å². The summed E-state index contributed by atoms with van der Waals surface area (Å²) in [5.74, 6) is 2.53. The predicted octanol–water partition coefficient (Wildman–Crippen LogP) is 4.66. The Bertz CT molecular complexity index is 975. The zero-order chi connectivity index (χ0) is 20.1. The van der Waals surface area contributed by atoms with Gasteiger partial charge >= 0.3 is 0 Å². The summed E-state index contributed by atoms with van der Waals surface area (Å²) in [7, 11) is 0. The Morgan fingerprint density at radius 1 is 0.897 bits per heavy atom. The van der Waals surface area contributed by atoms with Gasteiger partial charge in [0.15, 0.2) is 23.1 Å². The summed E-state index contributed by atoms with van der Waals surface area (Å²) < 4.78 is 11.2. The minimum Gasteiger partial charge on any atom is -0.486 e. The summed E-state index contributed by atoms with van der Waals surface area (Å²) in [5, 5.41) is 6.50. The van der Waals surface area contributed by atoms with Gasteiger partial charge in [0, 0.05) is 17.4 Å². The Morgan fingerprint density at radius 2 is 1.55 bits per heavy atom. The molecule has 7 nitrogen and oxygen atoms in total. The number of nitrogens with two attached hydrogens (primary N) is 1. The van der Waals surface area contributed by atoms with E-state index in [1.54, 1.807) is 0 Å². The third-order valence-electron chi connectivity index (χ3n) is 4.72. The monoisotopic (exact) mass is 391 g/mol. The van der Waals surface area contributed by atoms with E-state index in [-0.39, 0.29) is 0 Å². The molecule has 0 amide bonds. The van der Waals surface area contributed by atoms with E-state index >= 15 is 0 Å². The Labute approximate surface area is 170 Å². The highest BCUT2D eigenvalue weighted by Crippen LogP contribution is 2.35. The number of rotatable bonds is 7. The number of fused-ring (bicyclic) bond motifs is 1. The lowest BCUT2D eigenvalue weighted by Crippen LogP contribution is -2.15. The second-order valence-corrected chi connectivity index (χ2v) is 6.89. The molecule has 0 aliphatic carbocycles. The van der Waals surface area contributed by atoms with Crippen molar-refractivity contribution in [2.75, 3.05) is 29.6 Å². The fraction of sp³-hybridized carbons (Fsp3) is 0.273. The number of nitrogens with zero attached hydrogens (tertiary/aromatic N) is 2. The summed E-state index contributed by atoms with van der Waals surface area (Å²) in [5.41, 5.74) is 9.82.